The Balaban J connectivity index is 1.89. The summed E-state index contributed by atoms with van der Waals surface area (Å²) in [5.41, 5.74) is 3.67. The number of hydrogen-bond donors (Lipinski definition) is 1. The van der Waals surface area contributed by atoms with Crippen molar-refractivity contribution >= 4 is 32.5 Å². The molecule has 2 heterocycles. The molecule has 3 nitrogen and oxygen atoms in total. The summed E-state index contributed by atoms with van der Waals surface area (Å²) in [6.07, 6.45) is 4.78. The predicted octanol–water partition coefficient (Wildman–Crippen LogP) is 4.30. The summed E-state index contributed by atoms with van der Waals surface area (Å²) in [7, 11) is 0. The number of aliphatic imine (C=N–C) groups is 1. The first-order chi connectivity index (χ1) is 9.22. The zero-order valence-corrected chi connectivity index (χ0v) is 12.3. The third-order valence-corrected chi connectivity index (χ3v) is 4.37. The zero-order valence-electron chi connectivity index (χ0n) is 11.5. The van der Waals surface area contributed by atoms with E-state index in [0.29, 0.717) is 0 Å². The average molecular weight is 273 g/mol. The maximum absolute atomic E-state index is 4.70. The van der Waals surface area contributed by atoms with Crippen molar-refractivity contribution in [2.24, 2.45) is 4.99 Å². The molecule has 0 spiro atoms. The van der Waals surface area contributed by atoms with Gasteiger partial charge in [0.05, 0.1) is 10.2 Å². The van der Waals surface area contributed by atoms with Gasteiger partial charge in [-0.25, -0.2) is 4.98 Å². The van der Waals surface area contributed by atoms with Crippen LogP contribution in [0.3, 0.4) is 0 Å². The number of hydrogen-bond acceptors (Lipinski definition) is 4. The molecule has 4 heteroatoms. The number of aromatic nitrogens is 1. The fourth-order valence-corrected chi connectivity index (χ4v) is 3.59. The molecule has 0 radical (unpaired) electrons. The highest BCUT2D eigenvalue weighted by Crippen LogP contribution is 2.29. The van der Waals surface area contributed by atoms with Crippen LogP contribution in [0.25, 0.3) is 10.2 Å². The lowest BCUT2D eigenvalue weighted by Gasteiger charge is -2.03. The van der Waals surface area contributed by atoms with Crippen LogP contribution >= 0.6 is 11.3 Å². The summed E-state index contributed by atoms with van der Waals surface area (Å²) in [6, 6.07) is 4.40. The van der Waals surface area contributed by atoms with Crippen molar-refractivity contribution in [1.29, 1.82) is 0 Å². The molecule has 0 bridgehead atoms. The van der Waals surface area contributed by atoms with Crippen molar-refractivity contribution in [3.63, 3.8) is 0 Å². The fraction of sp³-hybridized carbons (Fsp3) is 0.467. The first kappa shape index (κ1) is 12.6. The Morgan fingerprint density at radius 1 is 1.16 bits per heavy atom. The molecule has 19 heavy (non-hydrogen) atoms. The molecule has 0 atom stereocenters. The summed E-state index contributed by atoms with van der Waals surface area (Å²) < 4.78 is 1.26. The number of fused-ring (bicyclic) bond motifs is 1. The first-order valence-corrected chi connectivity index (χ1v) is 7.72. The normalized spacial score (nSPS) is 16.2. The topological polar surface area (TPSA) is 37.3 Å². The Kier molecular flexibility index (Phi) is 3.51. The quantitative estimate of drug-likeness (QED) is 0.841. The lowest BCUT2D eigenvalue weighted by molar-refractivity contribution is 0.731. The van der Waals surface area contributed by atoms with Crippen LogP contribution in [0.5, 0.6) is 0 Å². The van der Waals surface area contributed by atoms with E-state index in [2.05, 4.69) is 36.3 Å². The molecule has 0 saturated carbocycles. The summed E-state index contributed by atoms with van der Waals surface area (Å²) in [5.74, 6) is 1.10. The molecule has 1 aliphatic heterocycles. The number of thiazole rings is 1. The first-order valence-electron chi connectivity index (χ1n) is 6.90. The van der Waals surface area contributed by atoms with Crippen molar-refractivity contribution in [2.45, 2.75) is 39.5 Å². The largest absolute Gasteiger partial charge is 0.320 e. The molecule has 0 saturated heterocycles. The minimum absolute atomic E-state index is 0.950. The zero-order chi connectivity index (χ0) is 13.2. The van der Waals surface area contributed by atoms with Crippen LogP contribution in [0.2, 0.25) is 0 Å². The van der Waals surface area contributed by atoms with Crippen molar-refractivity contribution in [3.8, 4) is 0 Å². The molecule has 1 aliphatic rings. The molecule has 100 valence electrons. The second-order valence-electron chi connectivity index (χ2n) is 5.21. The molecular formula is C15H19N3S. The monoisotopic (exact) mass is 273 g/mol. The number of nitrogens with one attached hydrogen (secondary N) is 1. The molecule has 0 unspecified atom stereocenters. The molecule has 3 rings (SSSR count). The summed E-state index contributed by atoms with van der Waals surface area (Å²) >= 11 is 1.72. The average Bonchev–Trinajstić information content (AvgIpc) is 2.58. The highest BCUT2D eigenvalue weighted by Gasteiger charge is 2.10. The third kappa shape index (κ3) is 2.78. The van der Waals surface area contributed by atoms with Gasteiger partial charge in [0.25, 0.3) is 0 Å². The van der Waals surface area contributed by atoms with Crippen LogP contribution in [0.1, 0.15) is 36.8 Å². The second-order valence-corrected chi connectivity index (χ2v) is 6.24. The Bertz CT molecular complexity index is 628. The summed E-state index contributed by atoms with van der Waals surface area (Å²) in [5, 5.41) is 4.39. The van der Waals surface area contributed by atoms with Gasteiger partial charge in [0, 0.05) is 13.0 Å². The third-order valence-electron chi connectivity index (χ3n) is 3.46. The standard InChI is InChI=1S/C15H19N3S/c1-10-8-11(2)14-12(9-10)19-15(18-14)17-13-6-4-3-5-7-16-13/h8-9H,3-7H2,1-2H3,(H,16,17,18). The van der Waals surface area contributed by atoms with Crippen molar-refractivity contribution < 1.29 is 0 Å². The highest BCUT2D eigenvalue weighted by atomic mass is 32.1. The van der Waals surface area contributed by atoms with Gasteiger partial charge in [-0.15, -0.1) is 0 Å². The number of nitrogens with zero attached hydrogens (tertiary/aromatic N) is 2. The van der Waals surface area contributed by atoms with Crippen molar-refractivity contribution in [2.75, 3.05) is 11.9 Å². The predicted molar refractivity (Wildman–Crippen MR) is 83.5 cm³/mol. The molecular weight excluding hydrogens is 254 g/mol. The van der Waals surface area contributed by atoms with E-state index < -0.39 is 0 Å². The SMILES string of the molecule is Cc1cc(C)c2nc(NC3=NCCCCC3)sc2c1. The van der Waals surface area contributed by atoms with Crippen LogP contribution in [-0.4, -0.2) is 17.4 Å². The van der Waals surface area contributed by atoms with E-state index in [1.807, 2.05) is 0 Å². The number of anilines is 1. The molecule has 0 amide bonds. The molecule has 1 aromatic heterocycles. The van der Waals surface area contributed by atoms with Gasteiger partial charge in [0.1, 0.15) is 5.84 Å². The number of benzene rings is 1. The minimum Gasteiger partial charge on any atom is -0.320 e. The molecule has 2 aromatic rings. The summed E-state index contributed by atoms with van der Waals surface area (Å²) in [6.45, 7) is 5.21. The van der Waals surface area contributed by atoms with Gasteiger partial charge >= 0.3 is 0 Å². The number of amidine groups is 1. The minimum atomic E-state index is 0.950. The van der Waals surface area contributed by atoms with Crippen LogP contribution in [0.4, 0.5) is 5.13 Å². The van der Waals surface area contributed by atoms with Gasteiger partial charge in [0.15, 0.2) is 5.13 Å². The van der Waals surface area contributed by atoms with Gasteiger partial charge in [-0.1, -0.05) is 23.8 Å². The lowest BCUT2D eigenvalue weighted by atomic mass is 10.1. The van der Waals surface area contributed by atoms with Crippen molar-refractivity contribution in [3.05, 3.63) is 23.3 Å². The van der Waals surface area contributed by atoms with E-state index >= 15 is 0 Å². The van der Waals surface area contributed by atoms with Gasteiger partial charge in [-0.05, 0) is 43.9 Å². The second kappa shape index (κ2) is 5.29. The fourth-order valence-electron chi connectivity index (χ4n) is 2.52. The maximum Gasteiger partial charge on any atom is 0.189 e. The van der Waals surface area contributed by atoms with Gasteiger partial charge < -0.3 is 5.32 Å². The van der Waals surface area contributed by atoms with E-state index in [4.69, 9.17) is 4.98 Å². The van der Waals surface area contributed by atoms with Crippen LogP contribution < -0.4 is 5.32 Å². The maximum atomic E-state index is 4.70. The van der Waals surface area contributed by atoms with E-state index in [0.717, 1.165) is 29.4 Å². The summed E-state index contributed by atoms with van der Waals surface area (Å²) in [4.78, 5) is 9.31. The number of aryl methyl sites for hydroxylation is 2. The Hall–Kier alpha value is -1.42. The molecule has 0 aliphatic carbocycles. The Labute approximate surface area is 117 Å². The molecule has 1 N–H and O–H groups in total. The van der Waals surface area contributed by atoms with E-state index in [1.165, 1.54) is 35.1 Å². The smallest absolute Gasteiger partial charge is 0.189 e. The van der Waals surface area contributed by atoms with E-state index in [-0.39, 0.29) is 0 Å². The van der Waals surface area contributed by atoms with Crippen LogP contribution in [0, 0.1) is 13.8 Å². The highest BCUT2D eigenvalue weighted by molar-refractivity contribution is 7.22. The molecule has 0 fully saturated rings. The van der Waals surface area contributed by atoms with Crippen LogP contribution in [-0.2, 0) is 0 Å². The van der Waals surface area contributed by atoms with Gasteiger partial charge in [-0.3, -0.25) is 4.99 Å². The van der Waals surface area contributed by atoms with Crippen LogP contribution in [0.15, 0.2) is 17.1 Å². The van der Waals surface area contributed by atoms with Gasteiger partial charge in [0.2, 0.25) is 0 Å². The van der Waals surface area contributed by atoms with E-state index in [9.17, 15) is 0 Å². The number of rotatable bonds is 1. The van der Waals surface area contributed by atoms with E-state index in [1.54, 1.807) is 11.3 Å². The van der Waals surface area contributed by atoms with Gasteiger partial charge in [-0.2, -0.15) is 0 Å². The Morgan fingerprint density at radius 3 is 2.95 bits per heavy atom. The lowest BCUT2D eigenvalue weighted by Crippen LogP contribution is -2.11. The molecule has 1 aromatic carbocycles. The van der Waals surface area contributed by atoms with Crippen molar-refractivity contribution in [1.82, 2.24) is 4.98 Å². The Morgan fingerprint density at radius 2 is 2.05 bits per heavy atom.